The number of benzene rings is 1. The predicted molar refractivity (Wildman–Crippen MR) is 135 cm³/mol. The van der Waals surface area contributed by atoms with Crippen LogP contribution in [0.1, 0.15) is 39.1 Å². The number of nitrogens with one attached hydrogen (secondary N) is 1. The lowest BCUT2D eigenvalue weighted by Gasteiger charge is -2.10. The highest BCUT2D eigenvalue weighted by molar-refractivity contribution is 7.99. The fourth-order valence-electron chi connectivity index (χ4n) is 3.17. The van der Waals surface area contributed by atoms with Gasteiger partial charge in [-0.1, -0.05) is 36.9 Å². The third-order valence-corrected chi connectivity index (χ3v) is 7.25. The molecule has 1 amide bonds. The van der Waals surface area contributed by atoms with Crippen molar-refractivity contribution in [1.29, 1.82) is 0 Å². The molecule has 3 rings (SSSR count). The maximum Gasteiger partial charge on any atom is 0.341 e. The molecule has 0 fully saturated rings. The van der Waals surface area contributed by atoms with Crippen LogP contribution in [0.15, 0.2) is 42.1 Å². The highest BCUT2D eigenvalue weighted by Gasteiger charge is 2.22. The molecule has 1 N–H and O–H groups in total. The molecule has 0 bridgehead atoms. The molecular formula is C24H28N4O4S2. The van der Waals surface area contributed by atoms with Gasteiger partial charge >= 0.3 is 5.97 Å². The number of aryl methyl sites for hydroxylation is 2. The Morgan fingerprint density at radius 3 is 2.62 bits per heavy atom. The van der Waals surface area contributed by atoms with E-state index in [0.29, 0.717) is 28.1 Å². The van der Waals surface area contributed by atoms with E-state index in [1.807, 2.05) is 42.7 Å². The number of anilines is 1. The van der Waals surface area contributed by atoms with Crippen molar-refractivity contribution in [1.82, 2.24) is 14.8 Å². The smallest absolute Gasteiger partial charge is 0.341 e. The van der Waals surface area contributed by atoms with Crippen molar-refractivity contribution in [3.8, 4) is 5.75 Å². The Morgan fingerprint density at radius 2 is 1.97 bits per heavy atom. The van der Waals surface area contributed by atoms with Gasteiger partial charge < -0.3 is 14.8 Å². The number of thiophene rings is 1. The molecule has 2 aromatic heterocycles. The standard InChI is InChI=1S/C24H28N4O4S2/c1-6-12-28-19(13-32-18-10-8-17(7-2)9-11-18)26-27-24(28)33-14-20(29)25-22-21(23(30)31-5)15(3)16(4)34-22/h6,8-11H,1,7,12-14H2,2-5H3,(H,25,29). The summed E-state index contributed by atoms with van der Waals surface area (Å²) in [4.78, 5) is 25.7. The molecule has 0 atom stereocenters. The minimum atomic E-state index is -0.468. The Morgan fingerprint density at radius 1 is 1.24 bits per heavy atom. The second-order valence-electron chi connectivity index (χ2n) is 7.40. The summed E-state index contributed by atoms with van der Waals surface area (Å²) >= 11 is 2.61. The average molecular weight is 501 g/mol. The van der Waals surface area contributed by atoms with Crippen LogP contribution in [0, 0.1) is 13.8 Å². The van der Waals surface area contributed by atoms with Crippen LogP contribution in [0.2, 0.25) is 0 Å². The highest BCUT2D eigenvalue weighted by atomic mass is 32.2. The summed E-state index contributed by atoms with van der Waals surface area (Å²) in [5, 5.41) is 12.4. The number of carbonyl (C=O) groups excluding carboxylic acids is 2. The van der Waals surface area contributed by atoms with Gasteiger partial charge in [0.1, 0.15) is 17.4 Å². The number of hydrogen-bond acceptors (Lipinski definition) is 8. The van der Waals surface area contributed by atoms with E-state index in [9.17, 15) is 9.59 Å². The highest BCUT2D eigenvalue weighted by Crippen LogP contribution is 2.33. The second-order valence-corrected chi connectivity index (χ2v) is 9.57. The summed E-state index contributed by atoms with van der Waals surface area (Å²) in [5.74, 6) is 0.773. The van der Waals surface area contributed by atoms with E-state index in [4.69, 9.17) is 9.47 Å². The molecule has 2 heterocycles. The zero-order chi connectivity index (χ0) is 24.7. The topological polar surface area (TPSA) is 95.3 Å². The zero-order valence-electron chi connectivity index (χ0n) is 19.7. The second kappa shape index (κ2) is 11.8. The maximum absolute atomic E-state index is 12.6. The van der Waals surface area contributed by atoms with E-state index in [1.54, 1.807) is 6.08 Å². The molecule has 0 saturated carbocycles. The number of methoxy groups -OCH3 is 1. The van der Waals surface area contributed by atoms with E-state index in [0.717, 1.165) is 22.6 Å². The molecular weight excluding hydrogens is 472 g/mol. The van der Waals surface area contributed by atoms with Gasteiger partial charge in [-0.2, -0.15) is 0 Å². The van der Waals surface area contributed by atoms with Crippen molar-refractivity contribution in [2.45, 2.75) is 45.5 Å². The summed E-state index contributed by atoms with van der Waals surface area (Å²) in [7, 11) is 1.32. The van der Waals surface area contributed by atoms with E-state index in [-0.39, 0.29) is 18.3 Å². The van der Waals surface area contributed by atoms with Crippen LogP contribution < -0.4 is 10.1 Å². The van der Waals surface area contributed by atoms with Crippen LogP contribution in [0.25, 0.3) is 0 Å². The van der Waals surface area contributed by atoms with Crippen molar-refractivity contribution >= 4 is 40.0 Å². The van der Waals surface area contributed by atoms with Gasteiger partial charge in [-0.05, 0) is 43.5 Å². The number of aromatic nitrogens is 3. The average Bonchev–Trinajstić information content (AvgIpc) is 3.35. The molecule has 1 aromatic carbocycles. The summed E-state index contributed by atoms with van der Waals surface area (Å²) in [6, 6.07) is 7.94. The minimum Gasteiger partial charge on any atom is -0.486 e. The SMILES string of the molecule is C=CCn1c(COc2ccc(CC)cc2)nnc1SCC(=O)Nc1sc(C)c(C)c1C(=O)OC. The third kappa shape index (κ3) is 6.06. The van der Waals surface area contributed by atoms with Crippen molar-refractivity contribution < 1.29 is 19.1 Å². The molecule has 180 valence electrons. The van der Waals surface area contributed by atoms with Gasteiger partial charge in [0.15, 0.2) is 11.0 Å². The lowest BCUT2D eigenvalue weighted by molar-refractivity contribution is -0.113. The van der Waals surface area contributed by atoms with Crippen LogP contribution in [-0.4, -0.2) is 39.5 Å². The van der Waals surface area contributed by atoms with Gasteiger partial charge in [0, 0.05) is 11.4 Å². The number of nitrogens with zero attached hydrogens (tertiary/aromatic N) is 3. The number of hydrogen-bond donors (Lipinski definition) is 1. The van der Waals surface area contributed by atoms with Gasteiger partial charge in [0.25, 0.3) is 0 Å². The van der Waals surface area contributed by atoms with Crippen molar-refractivity contribution in [3.05, 3.63) is 64.3 Å². The van der Waals surface area contributed by atoms with Crippen LogP contribution in [-0.2, 0) is 29.1 Å². The Balaban J connectivity index is 1.65. The molecule has 0 saturated heterocycles. The molecule has 0 aliphatic carbocycles. The Labute approximate surface area is 207 Å². The molecule has 10 heteroatoms. The Hall–Kier alpha value is -3.11. The molecule has 0 aliphatic heterocycles. The molecule has 0 aliphatic rings. The lowest BCUT2D eigenvalue weighted by Crippen LogP contribution is -2.16. The van der Waals surface area contributed by atoms with Crippen LogP contribution >= 0.6 is 23.1 Å². The Bertz CT molecular complexity index is 1170. The van der Waals surface area contributed by atoms with Crippen molar-refractivity contribution in [2.24, 2.45) is 0 Å². The molecule has 0 radical (unpaired) electrons. The first-order valence-corrected chi connectivity index (χ1v) is 12.5. The number of carbonyl (C=O) groups is 2. The first-order valence-electron chi connectivity index (χ1n) is 10.7. The fraction of sp³-hybridized carbons (Fsp3) is 0.333. The Kier molecular flexibility index (Phi) is 8.89. The van der Waals surface area contributed by atoms with Gasteiger partial charge in [0.2, 0.25) is 5.91 Å². The minimum absolute atomic E-state index is 0.102. The fourth-order valence-corrected chi connectivity index (χ4v) is 5.00. The number of esters is 1. The van der Waals surface area contributed by atoms with Gasteiger partial charge in [-0.3, -0.25) is 9.36 Å². The molecule has 0 unspecified atom stereocenters. The number of amides is 1. The molecule has 8 nitrogen and oxygen atoms in total. The monoisotopic (exact) mass is 500 g/mol. The van der Waals surface area contributed by atoms with E-state index in [1.165, 1.54) is 35.8 Å². The van der Waals surface area contributed by atoms with Gasteiger partial charge in [0.05, 0.1) is 18.4 Å². The first kappa shape index (κ1) is 25.5. The van der Waals surface area contributed by atoms with E-state index >= 15 is 0 Å². The summed E-state index contributed by atoms with van der Waals surface area (Å²) in [6.45, 7) is 10.4. The normalized spacial score (nSPS) is 10.7. The van der Waals surface area contributed by atoms with Crippen molar-refractivity contribution in [2.75, 3.05) is 18.2 Å². The summed E-state index contributed by atoms with van der Waals surface area (Å²) in [6.07, 6.45) is 2.71. The quantitative estimate of drug-likeness (QED) is 0.229. The molecule has 3 aromatic rings. The van der Waals surface area contributed by atoms with Crippen LogP contribution in [0.4, 0.5) is 5.00 Å². The number of rotatable bonds is 11. The maximum atomic E-state index is 12.6. The number of allylic oxidation sites excluding steroid dienone is 1. The molecule has 0 spiro atoms. The van der Waals surface area contributed by atoms with Gasteiger partial charge in [-0.25, -0.2) is 4.79 Å². The van der Waals surface area contributed by atoms with Gasteiger partial charge in [-0.15, -0.1) is 28.1 Å². The first-order chi connectivity index (χ1) is 16.4. The summed E-state index contributed by atoms with van der Waals surface area (Å²) < 4.78 is 12.6. The van der Waals surface area contributed by atoms with Crippen LogP contribution in [0.5, 0.6) is 5.75 Å². The zero-order valence-corrected chi connectivity index (χ0v) is 21.3. The number of ether oxygens (including phenoxy) is 2. The third-order valence-electron chi connectivity index (χ3n) is 5.16. The molecule has 34 heavy (non-hydrogen) atoms. The van der Waals surface area contributed by atoms with Crippen molar-refractivity contribution in [3.63, 3.8) is 0 Å². The predicted octanol–water partition coefficient (Wildman–Crippen LogP) is 4.80. The lowest BCUT2D eigenvalue weighted by atomic mass is 10.1. The van der Waals surface area contributed by atoms with E-state index in [2.05, 4.69) is 29.0 Å². The van der Waals surface area contributed by atoms with Crippen LogP contribution in [0.3, 0.4) is 0 Å². The van der Waals surface area contributed by atoms with E-state index < -0.39 is 5.97 Å². The largest absolute Gasteiger partial charge is 0.486 e. The number of thioether (sulfide) groups is 1. The summed E-state index contributed by atoms with van der Waals surface area (Å²) in [5.41, 5.74) is 2.44.